The van der Waals surface area contributed by atoms with Crippen LogP contribution in [0, 0.1) is 23.2 Å². The van der Waals surface area contributed by atoms with Crippen molar-refractivity contribution in [2.24, 2.45) is 23.2 Å². The summed E-state index contributed by atoms with van der Waals surface area (Å²) in [5.41, 5.74) is 0.522. The minimum absolute atomic E-state index is 0.522. The predicted octanol–water partition coefficient (Wildman–Crippen LogP) is 5.52. The minimum atomic E-state index is 0.522. The maximum Gasteiger partial charge on any atom is -0.0328 e. The van der Waals surface area contributed by atoms with Gasteiger partial charge in [-0.2, -0.15) is 0 Å². The van der Waals surface area contributed by atoms with Gasteiger partial charge in [-0.15, -0.1) is 0 Å². The average Bonchev–Trinajstić information content (AvgIpc) is 2.14. The van der Waals surface area contributed by atoms with Crippen molar-refractivity contribution in [1.29, 1.82) is 0 Å². The first-order valence-corrected chi connectivity index (χ1v) is 6.79. The first-order valence-electron chi connectivity index (χ1n) is 6.79. The Morgan fingerprint density at radius 3 is 1.93 bits per heavy atom. The summed E-state index contributed by atoms with van der Waals surface area (Å²) in [5, 5.41) is 0. The van der Waals surface area contributed by atoms with Gasteiger partial charge in [0.25, 0.3) is 0 Å². The number of hydrogen-bond acceptors (Lipinski definition) is 0. The second-order valence-corrected chi connectivity index (χ2v) is 6.57. The second kappa shape index (κ2) is 6.55. The molecule has 0 amide bonds. The molecule has 92 valence electrons. The van der Waals surface area contributed by atoms with E-state index in [4.69, 9.17) is 0 Å². The third-order valence-corrected chi connectivity index (χ3v) is 4.15. The Bertz CT molecular complexity index is 155. The fourth-order valence-corrected chi connectivity index (χ4v) is 2.00. The van der Waals surface area contributed by atoms with Gasteiger partial charge >= 0.3 is 0 Å². The summed E-state index contributed by atoms with van der Waals surface area (Å²) < 4.78 is 0. The third-order valence-electron chi connectivity index (χ3n) is 4.15. The molecule has 0 aliphatic carbocycles. The van der Waals surface area contributed by atoms with Crippen molar-refractivity contribution in [2.45, 2.75) is 74.1 Å². The summed E-state index contributed by atoms with van der Waals surface area (Å²) in [7, 11) is 0. The van der Waals surface area contributed by atoms with E-state index in [0.717, 1.165) is 17.8 Å². The van der Waals surface area contributed by atoms with E-state index < -0.39 is 0 Å². The van der Waals surface area contributed by atoms with Gasteiger partial charge in [-0.1, -0.05) is 61.3 Å². The molecule has 0 saturated carbocycles. The number of rotatable bonds is 7. The van der Waals surface area contributed by atoms with E-state index in [1.165, 1.54) is 25.7 Å². The van der Waals surface area contributed by atoms with Crippen molar-refractivity contribution >= 4 is 0 Å². The van der Waals surface area contributed by atoms with Crippen LogP contribution in [0.25, 0.3) is 0 Å². The SMILES string of the molecule is CCC(C)CC(C)C(C)(C)CCC(C)C. The standard InChI is InChI=1S/C15H32/c1-8-13(4)11-14(5)15(6,7)10-9-12(2)3/h12-14H,8-11H2,1-7H3. The summed E-state index contributed by atoms with van der Waals surface area (Å²) in [5.74, 6) is 2.59. The van der Waals surface area contributed by atoms with Crippen LogP contribution in [0.1, 0.15) is 74.1 Å². The van der Waals surface area contributed by atoms with E-state index in [2.05, 4.69) is 48.5 Å². The summed E-state index contributed by atoms with van der Waals surface area (Å²) in [6, 6.07) is 0. The summed E-state index contributed by atoms with van der Waals surface area (Å²) in [6.07, 6.45) is 5.46. The van der Waals surface area contributed by atoms with E-state index in [1.54, 1.807) is 0 Å². The quantitative estimate of drug-likeness (QED) is 0.521. The van der Waals surface area contributed by atoms with Crippen LogP contribution in [0.3, 0.4) is 0 Å². The van der Waals surface area contributed by atoms with Gasteiger partial charge in [0.15, 0.2) is 0 Å². The van der Waals surface area contributed by atoms with Gasteiger partial charge < -0.3 is 0 Å². The molecule has 0 spiro atoms. The molecular formula is C15H32. The van der Waals surface area contributed by atoms with E-state index in [0.29, 0.717) is 5.41 Å². The maximum absolute atomic E-state index is 2.45. The Balaban J connectivity index is 4.06. The molecule has 0 N–H and O–H groups in total. The molecule has 0 radical (unpaired) electrons. The van der Waals surface area contributed by atoms with Crippen molar-refractivity contribution in [2.75, 3.05) is 0 Å². The van der Waals surface area contributed by atoms with E-state index >= 15 is 0 Å². The summed E-state index contributed by atoms with van der Waals surface area (Å²) >= 11 is 0. The van der Waals surface area contributed by atoms with Crippen LogP contribution >= 0.6 is 0 Å². The highest BCUT2D eigenvalue weighted by molar-refractivity contribution is 4.77. The lowest BCUT2D eigenvalue weighted by molar-refractivity contribution is 0.168. The molecule has 0 aromatic rings. The Hall–Kier alpha value is 0. The van der Waals surface area contributed by atoms with Gasteiger partial charge in [0.1, 0.15) is 0 Å². The van der Waals surface area contributed by atoms with Crippen LogP contribution in [0.5, 0.6) is 0 Å². The van der Waals surface area contributed by atoms with Gasteiger partial charge in [0.05, 0.1) is 0 Å². The lowest BCUT2D eigenvalue weighted by Gasteiger charge is -2.34. The van der Waals surface area contributed by atoms with Crippen molar-refractivity contribution in [1.82, 2.24) is 0 Å². The molecule has 0 heterocycles. The molecule has 0 nitrogen and oxygen atoms in total. The third kappa shape index (κ3) is 6.22. The zero-order valence-electron chi connectivity index (χ0n) is 12.1. The molecule has 2 atom stereocenters. The lowest BCUT2D eigenvalue weighted by Crippen LogP contribution is -2.24. The molecular weight excluding hydrogens is 180 g/mol. The molecule has 0 rings (SSSR count). The van der Waals surface area contributed by atoms with E-state index in [9.17, 15) is 0 Å². The van der Waals surface area contributed by atoms with E-state index in [-0.39, 0.29) is 0 Å². The lowest BCUT2D eigenvalue weighted by atomic mass is 9.72. The van der Waals surface area contributed by atoms with Gasteiger partial charge in [0, 0.05) is 0 Å². The summed E-state index contributed by atoms with van der Waals surface area (Å²) in [4.78, 5) is 0. The molecule has 2 unspecified atom stereocenters. The van der Waals surface area contributed by atoms with Crippen LogP contribution in [-0.2, 0) is 0 Å². The predicted molar refractivity (Wildman–Crippen MR) is 71.1 cm³/mol. The molecule has 0 heteroatoms. The van der Waals surface area contributed by atoms with Crippen molar-refractivity contribution in [3.8, 4) is 0 Å². The zero-order chi connectivity index (χ0) is 12.1. The molecule has 0 bridgehead atoms. The molecule has 0 saturated heterocycles. The molecule has 0 aliphatic heterocycles. The zero-order valence-corrected chi connectivity index (χ0v) is 12.1. The Morgan fingerprint density at radius 2 is 1.53 bits per heavy atom. The summed E-state index contributed by atoms with van der Waals surface area (Å²) in [6.45, 7) is 16.7. The fourth-order valence-electron chi connectivity index (χ4n) is 2.00. The first-order chi connectivity index (χ1) is 6.79. The topological polar surface area (TPSA) is 0 Å². The van der Waals surface area contributed by atoms with Gasteiger partial charge in [-0.05, 0) is 36.0 Å². The molecule has 0 fully saturated rings. The average molecular weight is 212 g/mol. The number of hydrogen-bond donors (Lipinski definition) is 0. The van der Waals surface area contributed by atoms with Crippen LogP contribution in [0.4, 0.5) is 0 Å². The molecule has 0 aromatic heterocycles. The molecule has 15 heavy (non-hydrogen) atoms. The van der Waals surface area contributed by atoms with Crippen LogP contribution in [-0.4, -0.2) is 0 Å². The minimum Gasteiger partial charge on any atom is -0.0651 e. The highest BCUT2D eigenvalue weighted by atomic mass is 14.3. The Kier molecular flexibility index (Phi) is 6.55. The molecule has 0 aromatic carbocycles. The molecule has 0 aliphatic rings. The van der Waals surface area contributed by atoms with Gasteiger partial charge in [-0.25, -0.2) is 0 Å². The fraction of sp³-hybridized carbons (Fsp3) is 1.00. The highest BCUT2D eigenvalue weighted by Gasteiger charge is 2.26. The Morgan fingerprint density at radius 1 is 1.00 bits per heavy atom. The van der Waals surface area contributed by atoms with Crippen molar-refractivity contribution in [3.05, 3.63) is 0 Å². The van der Waals surface area contributed by atoms with Crippen LogP contribution < -0.4 is 0 Å². The normalized spacial score (nSPS) is 16.8. The Labute approximate surface area is 97.8 Å². The second-order valence-electron chi connectivity index (χ2n) is 6.57. The van der Waals surface area contributed by atoms with Crippen LogP contribution in [0.2, 0.25) is 0 Å². The van der Waals surface area contributed by atoms with Gasteiger partial charge in [-0.3, -0.25) is 0 Å². The largest absolute Gasteiger partial charge is 0.0651 e. The van der Waals surface area contributed by atoms with Crippen molar-refractivity contribution in [3.63, 3.8) is 0 Å². The van der Waals surface area contributed by atoms with E-state index in [1.807, 2.05) is 0 Å². The maximum atomic E-state index is 2.45. The smallest absolute Gasteiger partial charge is 0.0328 e. The highest BCUT2D eigenvalue weighted by Crippen LogP contribution is 2.37. The van der Waals surface area contributed by atoms with Crippen molar-refractivity contribution < 1.29 is 0 Å². The first kappa shape index (κ1) is 15.0. The van der Waals surface area contributed by atoms with Crippen LogP contribution in [0.15, 0.2) is 0 Å². The monoisotopic (exact) mass is 212 g/mol. The van der Waals surface area contributed by atoms with Gasteiger partial charge in [0.2, 0.25) is 0 Å².